The summed E-state index contributed by atoms with van der Waals surface area (Å²) in [4.78, 5) is 0. The van der Waals surface area contributed by atoms with Crippen molar-refractivity contribution >= 4 is 0 Å². The van der Waals surface area contributed by atoms with Crippen molar-refractivity contribution < 1.29 is 9.84 Å². The largest absolute Gasteiger partial charge is 0.491 e. The molecule has 2 heteroatoms. The molecule has 0 bridgehead atoms. The second-order valence-electron chi connectivity index (χ2n) is 4.59. The summed E-state index contributed by atoms with van der Waals surface area (Å²) in [5.74, 6) is 1.64. The van der Waals surface area contributed by atoms with Crippen LogP contribution in [0.25, 0.3) is 0 Å². The molecule has 0 aromatic heterocycles. The fourth-order valence-electron chi connectivity index (χ4n) is 1.88. The minimum absolute atomic E-state index is 0.0672. The van der Waals surface area contributed by atoms with E-state index in [1.807, 2.05) is 6.07 Å². The lowest BCUT2D eigenvalue weighted by Crippen LogP contribution is -2.05. The van der Waals surface area contributed by atoms with Gasteiger partial charge in [-0.1, -0.05) is 39.3 Å². The Morgan fingerprint density at radius 3 is 2.65 bits per heavy atom. The summed E-state index contributed by atoms with van der Waals surface area (Å²) in [6.45, 7) is 7.08. The standard InChI is InChI=1S/C15H24O2/c1-4-12(3)10-13-6-7-15(17-9-8-16)14(5-2)11-13/h6-7,11-12,16H,4-5,8-10H2,1-3H3. The van der Waals surface area contributed by atoms with Crippen LogP contribution in [0, 0.1) is 5.92 Å². The van der Waals surface area contributed by atoms with Crippen molar-refractivity contribution in [1.82, 2.24) is 0 Å². The van der Waals surface area contributed by atoms with Crippen molar-refractivity contribution in [3.63, 3.8) is 0 Å². The number of aliphatic hydroxyl groups is 1. The van der Waals surface area contributed by atoms with Crippen molar-refractivity contribution in [2.75, 3.05) is 13.2 Å². The van der Waals surface area contributed by atoms with Gasteiger partial charge in [-0.2, -0.15) is 0 Å². The van der Waals surface area contributed by atoms with Gasteiger partial charge in [0.25, 0.3) is 0 Å². The quantitative estimate of drug-likeness (QED) is 0.787. The molecule has 0 aliphatic heterocycles. The topological polar surface area (TPSA) is 29.5 Å². The minimum atomic E-state index is 0.0672. The first kappa shape index (κ1) is 14.0. The first-order chi connectivity index (χ1) is 8.21. The van der Waals surface area contributed by atoms with Gasteiger partial charge in [0.2, 0.25) is 0 Å². The van der Waals surface area contributed by atoms with E-state index in [-0.39, 0.29) is 6.61 Å². The smallest absolute Gasteiger partial charge is 0.122 e. The second-order valence-corrected chi connectivity index (χ2v) is 4.59. The third-order valence-electron chi connectivity index (χ3n) is 3.14. The Morgan fingerprint density at radius 1 is 1.29 bits per heavy atom. The first-order valence-electron chi connectivity index (χ1n) is 6.56. The number of aliphatic hydroxyl groups excluding tert-OH is 1. The van der Waals surface area contributed by atoms with Crippen molar-refractivity contribution in [3.05, 3.63) is 29.3 Å². The summed E-state index contributed by atoms with van der Waals surface area (Å²) >= 11 is 0. The predicted octanol–water partition coefficient (Wildman–Crippen LogP) is 3.21. The highest BCUT2D eigenvalue weighted by molar-refractivity contribution is 5.37. The Balaban J connectivity index is 2.77. The summed E-state index contributed by atoms with van der Waals surface area (Å²) in [6.07, 6.45) is 3.31. The maximum Gasteiger partial charge on any atom is 0.122 e. The van der Waals surface area contributed by atoms with E-state index in [0.29, 0.717) is 6.61 Å². The molecule has 0 aliphatic rings. The van der Waals surface area contributed by atoms with Crippen LogP contribution in [0.4, 0.5) is 0 Å². The van der Waals surface area contributed by atoms with E-state index >= 15 is 0 Å². The highest BCUT2D eigenvalue weighted by Gasteiger charge is 2.06. The summed E-state index contributed by atoms with van der Waals surface area (Å²) in [7, 11) is 0. The number of aryl methyl sites for hydroxylation is 1. The maximum atomic E-state index is 8.77. The third kappa shape index (κ3) is 4.39. The van der Waals surface area contributed by atoms with Gasteiger partial charge in [-0.05, 0) is 36.0 Å². The molecule has 1 N–H and O–H groups in total. The lowest BCUT2D eigenvalue weighted by Gasteiger charge is -2.13. The Bertz CT molecular complexity index is 334. The number of ether oxygens (including phenoxy) is 1. The van der Waals surface area contributed by atoms with Gasteiger partial charge in [0, 0.05) is 0 Å². The van der Waals surface area contributed by atoms with E-state index in [1.54, 1.807) is 0 Å². The van der Waals surface area contributed by atoms with Crippen LogP contribution in [0.1, 0.15) is 38.3 Å². The lowest BCUT2D eigenvalue weighted by molar-refractivity contribution is 0.200. The van der Waals surface area contributed by atoms with Crippen molar-refractivity contribution in [1.29, 1.82) is 0 Å². The molecular formula is C15H24O2. The Hall–Kier alpha value is -1.02. The van der Waals surface area contributed by atoms with E-state index in [4.69, 9.17) is 9.84 Å². The molecule has 0 amide bonds. The summed E-state index contributed by atoms with van der Waals surface area (Å²) in [6, 6.07) is 6.41. The molecule has 0 saturated heterocycles. The van der Waals surface area contributed by atoms with Crippen LogP contribution in [0.2, 0.25) is 0 Å². The summed E-state index contributed by atoms with van der Waals surface area (Å²) in [5, 5.41) is 8.77. The van der Waals surface area contributed by atoms with Crippen molar-refractivity contribution in [2.24, 2.45) is 5.92 Å². The Morgan fingerprint density at radius 2 is 2.06 bits per heavy atom. The predicted molar refractivity (Wildman–Crippen MR) is 71.6 cm³/mol. The second kappa shape index (κ2) is 7.33. The van der Waals surface area contributed by atoms with Crippen molar-refractivity contribution in [3.8, 4) is 5.75 Å². The van der Waals surface area contributed by atoms with Crippen molar-refractivity contribution in [2.45, 2.75) is 40.0 Å². The molecule has 0 aliphatic carbocycles. The summed E-state index contributed by atoms with van der Waals surface area (Å²) in [5.41, 5.74) is 2.62. The fraction of sp³-hybridized carbons (Fsp3) is 0.600. The molecule has 2 nitrogen and oxygen atoms in total. The fourth-order valence-corrected chi connectivity index (χ4v) is 1.88. The Kier molecular flexibility index (Phi) is 6.06. The highest BCUT2D eigenvalue weighted by Crippen LogP contribution is 2.22. The highest BCUT2D eigenvalue weighted by atomic mass is 16.5. The van der Waals surface area contributed by atoms with Gasteiger partial charge in [-0.3, -0.25) is 0 Å². The minimum Gasteiger partial charge on any atom is -0.491 e. The molecule has 1 unspecified atom stereocenters. The zero-order chi connectivity index (χ0) is 12.7. The SMILES string of the molecule is CCc1cc(CC(C)CC)ccc1OCCO. The van der Waals surface area contributed by atoms with E-state index in [9.17, 15) is 0 Å². The molecule has 0 heterocycles. The normalized spacial score (nSPS) is 12.5. The van der Waals surface area contributed by atoms with Crippen LogP contribution in [-0.2, 0) is 12.8 Å². The van der Waals surface area contributed by atoms with E-state index in [0.717, 1.165) is 24.5 Å². The Labute approximate surface area is 105 Å². The maximum absolute atomic E-state index is 8.77. The molecule has 0 fully saturated rings. The first-order valence-corrected chi connectivity index (χ1v) is 6.56. The van der Waals surface area contributed by atoms with Crippen LogP contribution in [0.15, 0.2) is 18.2 Å². The monoisotopic (exact) mass is 236 g/mol. The number of benzene rings is 1. The number of hydrogen-bond acceptors (Lipinski definition) is 2. The number of hydrogen-bond donors (Lipinski definition) is 1. The molecule has 1 rings (SSSR count). The molecule has 0 spiro atoms. The molecule has 1 aromatic carbocycles. The van der Waals surface area contributed by atoms with Crippen LogP contribution in [-0.4, -0.2) is 18.3 Å². The van der Waals surface area contributed by atoms with E-state index in [2.05, 4.69) is 32.9 Å². The average Bonchev–Trinajstić information content (AvgIpc) is 2.36. The van der Waals surface area contributed by atoms with Crippen LogP contribution in [0.3, 0.4) is 0 Å². The van der Waals surface area contributed by atoms with Crippen LogP contribution >= 0.6 is 0 Å². The molecule has 96 valence electrons. The molecule has 0 radical (unpaired) electrons. The molecule has 0 saturated carbocycles. The van der Waals surface area contributed by atoms with Gasteiger partial charge in [0.05, 0.1) is 6.61 Å². The van der Waals surface area contributed by atoms with Gasteiger partial charge in [-0.15, -0.1) is 0 Å². The van der Waals surface area contributed by atoms with Gasteiger partial charge in [0.1, 0.15) is 12.4 Å². The van der Waals surface area contributed by atoms with Gasteiger partial charge >= 0.3 is 0 Å². The molecular weight excluding hydrogens is 212 g/mol. The zero-order valence-electron chi connectivity index (χ0n) is 11.2. The van der Waals surface area contributed by atoms with Gasteiger partial charge in [-0.25, -0.2) is 0 Å². The molecule has 17 heavy (non-hydrogen) atoms. The zero-order valence-corrected chi connectivity index (χ0v) is 11.2. The van der Waals surface area contributed by atoms with Crippen LogP contribution in [0.5, 0.6) is 5.75 Å². The number of rotatable bonds is 7. The molecule has 1 aromatic rings. The van der Waals surface area contributed by atoms with E-state index in [1.165, 1.54) is 17.5 Å². The van der Waals surface area contributed by atoms with Gasteiger partial charge in [0.15, 0.2) is 0 Å². The van der Waals surface area contributed by atoms with E-state index < -0.39 is 0 Å². The lowest BCUT2D eigenvalue weighted by atomic mass is 9.97. The van der Waals surface area contributed by atoms with Crippen LogP contribution < -0.4 is 4.74 Å². The molecule has 1 atom stereocenters. The third-order valence-corrected chi connectivity index (χ3v) is 3.14. The van der Waals surface area contributed by atoms with Gasteiger partial charge < -0.3 is 9.84 Å². The summed E-state index contributed by atoms with van der Waals surface area (Å²) < 4.78 is 5.51. The average molecular weight is 236 g/mol.